The van der Waals surface area contributed by atoms with Crippen LogP contribution in [-0.2, 0) is 67.1 Å². The van der Waals surface area contributed by atoms with E-state index in [1.54, 1.807) is 5.32 Å². The second-order valence-corrected chi connectivity index (χ2v) is 13.5. The molecule has 0 aromatic rings. The summed E-state index contributed by atoms with van der Waals surface area (Å²) in [7, 11) is 0. The summed E-state index contributed by atoms with van der Waals surface area (Å²) in [6.07, 6.45) is -10.1. The van der Waals surface area contributed by atoms with Gasteiger partial charge in [-0.15, -0.1) is 0 Å². The average molecular weight is 908 g/mol. The number of carbonyl (C=O) groups is 14. The second kappa shape index (κ2) is 28.1. The van der Waals surface area contributed by atoms with Gasteiger partial charge in [0.2, 0.25) is 35.4 Å². The molecule has 16 N–H and O–H groups in total. The topological polar surface area (TPSA) is 499 Å². The number of aliphatic carboxylic acids is 8. The van der Waals surface area contributed by atoms with Crippen LogP contribution in [0.2, 0.25) is 0 Å². The summed E-state index contributed by atoms with van der Waals surface area (Å²) in [6.45, 7) is 0. The van der Waals surface area contributed by atoms with Crippen molar-refractivity contribution in [2.45, 2.75) is 126 Å². The van der Waals surface area contributed by atoms with E-state index in [2.05, 4.69) is 16.0 Å². The molecule has 0 heterocycles. The molecule has 63 heavy (non-hydrogen) atoms. The average Bonchev–Trinajstić information content (AvgIpc) is 3.17. The molecule has 0 spiro atoms. The molecule has 0 unspecified atom stereocenters. The molecule has 0 aliphatic heterocycles. The van der Waals surface area contributed by atoms with Crippen LogP contribution in [0.5, 0.6) is 0 Å². The van der Waals surface area contributed by atoms with Crippen LogP contribution >= 0.6 is 0 Å². The molecular formula is C34H49N7O22. The zero-order valence-corrected chi connectivity index (χ0v) is 33.1. The van der Waals surface area contributed by atoms with E-state index in [-0.39, 0.29) is 0 Å². The molecule has 0 bridgehead atoms. The predicted octanol–water partition coefficient (Wildman–Crippen LogP) is -5.03. The molecule has 0 aliphatic carbocycles. The van der Waals surface area contributed by atoms with Crippen molar-refractivity contribution in [2.75, 3.05) is 0 Å². The van der Waals surface area contributed by atoms with Gasteiger partial charge in [0.25, 0.3) is 0 Å². The molecule has 0 saturated carbocycles. The van der Waals surface area contributed by atoms with E-state index in [0.717, 1.165) is 0 Å². The maximum absolute atomic E-state index is 13.6. The van der Waals surface area contributed by atoms with E-state index in [1.807, 2.05) is 10.6 Å². The van der Waals surface area contributed by atoms with Crippen LogP contribution < -0.4 is 37.6 Å². The highest BCUT2D eigenvalue weighted by Crippen LogP contribution is 2.09. The third-order valence-electron chi connectivity index (χ3n) is 8.40. The molecule has 0 aromatic carbocycles. The standard InChI is InChI=1S/C34H49N7O22/c35-14(1-7-21(42)43)28(56)36-15(2-8-22(44)45)29(57)37-16(3-9-23(46)47)30(58)38-17(4-10-24(48)49)31(59)39-18(5-11-25(50)51)32(60)40-19(6-12-26(52)53)33(61)41-20(34(62)63)13-27(54)55/h14-20H,1-13,35H2,(H,36,56)(H,37,57)(H,38,58)(H,39,59)(H,40,60)(H,41,61)(H,42,43)(H,44,45)(H,46,47)(H,48,49)(H,50,51)(H,52,53)(H,54,55)(H,62,63)/t14-,15-,16-,17-,18-,19-,20-/m0/s1. The Morgan fingerprint density at radius 3 is 0.714 bits per heavy atom. The van der Waals surface area contributed by atoms with Crippen LogP contribution in [-0.4, -0.2) is 166 Å². The van der Waals surface area contributed by atoms with Crippen molar-refractivity contribution in [2.24, 2.45) is 5.73 Å². The van der Waals surface area contributed by atoms with Crippen molar-refractivity contribution in [3.05, 3.63) is 0 Å². The number of rotatable bonds is 33. The fourth-order valence-corrected chi connectivity index (χ4v) is 5.11. The highest BCUT2D eigenvalue weighted by atomic mass is 16.4. The van der Waals surface area contributed by atoms with Gasteiger partial charge >= 0.3 is 47.8 Å². The fraction of sp³-hybridized carbons (Fsp3) is 0.588. The van der Waals surface area contributed by atoms with Gasteiger partial charge in [-0.05, 0) is 38.5 Å². The third-order valence-corrected chi connectivity index (χ3v) is 8.40. The lowest BCUT2D eigenvalue weighted by molar-refractivity contribution is -0.147. The molecule has 0 aliphatic rings. The minimum atomic E-state index is -2.08. The van der Waals surface area contributed by atoms with Gasteiger partial charge in [-0.25, -0.2) is 4.79 Å². The molecule has 0 fully saturated rings. The predicted molar refractivity (Wildman–Crippen MR) is 201 cm³/mol. The molecule has 29 nitrogen and oxygen atoms in total. The number of carbonyl (C=O) groups excluding carboxylic acids is 6. The second-order valence-electron chi connectivity index (χ2n) is 13.5. The van der Waals surface area contributed by atoms with E-state index < -0.39 is 209 Å². The maximum Gasteiger partial charge on any atom is 0.326 e. The highest BCUT2D eigenvalue weighted by molar-refractivity contribution is 5.98. The third kappa shape index (κ3) is 24.4. The van der Waals surface area contributed by atoms with Crippen molar-refractivity contribution in [1.82, 2.24) is 31.9 Å². The molecule has 0 radical (unpaired) electrons. The van der Waals surface area contributed by atoms with Crippen molar-refractivity contribution >= 4 is 83.2 Å². The number of carboxylic acid groups (broad SMARTS) is 8. The molecule has 0 rings (SSSR count). The summed E-state index contributed by atoms with van der Waals surface area (Å²) in [5.74, 6) is -20.5. The summed E-state index contributed by atoms with van der Waals surface area (Å²) in [4.78, 5) is 170. The first-order valence-corrected chi connectivity index (χ1v) is 18.6. The van der Waals surface area contributed by atoms with Crippen LogP contribution in [0.4, 0.5) is 0 Å². The van der Waals surface area contributed by atoms with E-state index in [4.69, 9.17) is 26.2 Å². The molecule has 7 atom stereocenters. The zero-order chi connectivity index (χ0) is 48.6. The first kappa shape index (κ1) is 55.5. The number of hydrogen-bond acceptors (Lipinski definition) is 15. The van der Waals surface area contributed by atoms with Gasteiger partial charge in [-0.2, -0.15) is 0 Å². The van der Waals surface area contributed by atoms with Gasteiger partial charge in [0.15, 0.2) is 0 Å². The number of amides is 6. The Kier molecular flexibility index (Phi) is 24.8. The van der Waals surface area contributed by atoms with E-state index >= 15 is 0 Å². The lowest BCUT2D eigenvalue weighted by Crippen LogP contribution is -2.60. The Labute approximate surface area is 354 Å². The maximum atomic E-state index is 13.6. The minimum Gasteiger partial charge on any atom is -0.481 e. The van der Waals surface area contributed by atoms with Crippen molar-refractivity contribution < 1.29 is 108 Å². The van der Waals surface area contributed by atoms with Crippen molar-refractivity contribution in [1.29, 1.82) is 0 Å². The zero-order valence-electron chi connectivity index (χ0n) is 33.1. The van der Waals surface area contributed by atoms with Crippen molar-refractivity contribution in [3.63, 3.8) is 0 Å². The number of nitrogens with one attached hydrogen (secondary N) is 6. The summed E-state index contributed by atoms with van der Waals surface area (Å²) < 4.78 is 0. The van der Waals surface area contributed by atoms with Gasteiger partial charge in [-0.1, -0.05) is 0 Å². The summed E-state index contributed by atoms with van der Waals surface area (Å²) in [5.41, 5.74) is 5.66. The van der Waals surface area contributed by atoms with Crippen LogP contribution in [0.15, 0.2) is 0 Å². The monoisotopic (exact) mass is 907 g/mol. The van der Waals surface area contributed by atoms with Crippen LogP contribution in [0, 0.1) is 0 Å². The Bertz CT molecular complexity index is 1750. The SMILES string of the molecule is N[C@@H](CCC(=O)O)C(=O)N[C@@H](CCC(=O)O)C(=O)N[C@@H](CCC(=O)O)C(=O)N[C@@H](CCC(=O)O)C(=O)N[C@@H](CCC(=O)O)C(=O)N[C@@H](CCC(=O)O)C(=O)N[C@@H](CC(=O)O)C(=O)O. The van der Waals surface area contributed by atoms with Crippen LogP contribution in [0.1, 0.15) is 83.5 Å². The van der Waals surface area contributed by atoms with Crippen molar-refractivity contribution in [3.8, 4) is 0 Å². The summed E-state index contributed by atoms with van der Waals surface area (Å²) in [5, 5.41) is 85.4. The normalized spacial score (nSPS) is 14.0. The first-order chi connectivity index (χ1) is 29.2. The fourth-order valence-electron chi connectivity index (χ4n) is 5.11. The lowest BCUT2D eigenvalue weighted by Gasteiger charge is -2.27. The van der Waals surface area contributed by atoms with Gasteiger partial charge in [0, 0.05) is 38.5 Å². The first-order valence-electron chi connectivity index (χ1n) is 18.6. The largest absolute Gasteiger partial charge is 0.481 e. The molecule has 6 amide bonds. The smallest absolute Gasteiger partial charge is 0.326 e. The quantitative estimate of drug-likeness (QED) is 0.0293. The Hall–Kier alpha value is -7.46. The van der Waals surface area contributed by atoms with E-state index in [0.29, 0.717) is 0 Å². The minimum absolute atomic E-state index is 0.418. The summed E-state index contributed by atoms with van der Waals surface area (Å²) in [6, 6.07) is -13.2. The van der Waals surface area contributed by atoms with Crippen LogP contribution in [0.25, 0.3) is 0 Å². The Morgan fingerprint density at radius 1 is 0.302 bits per heavy atom. The highest BCUT2D eigenvalue weighted by Gasteiger charge is 2.35. The van der Waals surface area contributed by atoms with Gasteiger partial charge < -0.3 is 78.5 Å². The molecular weight excluding hydrogens is 858 g/mol. The van der Waals surface area contributed by atoms with E-state index in [1.165, 1.54) is 0 Å². The lowest BCUT2D eigenvalue weighted by atomic mass is 10.0. The van der Waals surface area contributed by atoms with Gasteiger partial charge in [0.1, 0.15) is 36.3 Å². The number of nitrogens with two attached hydrogens (primary N) is 1. The summed E-state index contributed by atoms with van der Waals surface area (Å²) >= 11 is 0. The molecule has 352 valence electrons. The Balaban J connectivity index is 6.68. The molecule has 0 saturated heterocycles. The molecule has 29 heteroatoms. The number of hydrogen-bond donors (Lipinski definition) is 15. The molecule has 0 aromatic heterocycles. The van der Waals surface area contributed by atoms with E-state index in [9.17, 15) is 87.5 Å². The Morgan fingerprint density at radius 2 is 0.508 bits per heavy atom. The number of carboxylic acids is 8. The van der Waals surface area contributed by atoms with Crippen LogP contribution in [0.3, 0.4) is 0 Å². The van der Waals surface area contributed by atoms with Gasteiger partial charge in [0.05, 0.1) is 12.5 Å². The van der Waals surface area contributed by atoms with Gasteiger partial charge in [-0.3, -0.25) is 62.3 Å².